The van der Waals surface area contributed by atoms with E-state index >= 15 is 0 Å². The minimum Gasteiger partial charge on any atom is -0.491 e. The molecule has 0 N–H and O–H groups in total. The maximum Gasteiger partial charge on any atom is 0.330 e. The second-order valence-electron chi connectivity index (χ2n) is 3.32. The van der Waals surface area contributed by atoms with Crippen LogP contribution in [0.2, 0.25) is 5.02 Å². The maximum absolute atomic E-state index is 11.0. The van der Waals surface area contributed by atoms with Crippen molar-refractivity contribution in [1.82, 2.24) is 0 Å². The summed E-state index contributed by atoms with van der Waals surface area (Å²) in [6.07, 6.45) is 2.91. The summed E-state index contributed by atoms with van der Waals surface area (Å²) in [7, 11) is 2.84. The van der Waals surface area contributed by atoms with Crippen LogP contribution in [0.5, 0.6) is 11.5 Å². The Morgan fingerprint density at radius 1 is 1.39 bits per heavy atom. The van der Waals surface area contributed by atoms with Crippen LogP contribution in [-0.2, 0) is 9.53 Å². The number of hydrogen-bond donors (Lipinski definition) is 0. The molecule has 0 atom stereocenters. The molecule has 0 spiro atoms. The van der Waals surface area contributed by atoms with E-state index in [0.29, 0.717) is 23.1 Å². The van der Waals surface area contributed by atoms with Gasteiger partial charge in [0.1, 0.15) is 0 Å². The number of carbonyl (C=O) groups is 1. The first-order chi connectivity index (χ1) is 8.62. The van der Waals surface area contributed by atoms with Crippen molar-refractivity contribution in [1.29, 1.82) is 0 Å². The predicted octanol–water partition coefficient (Wildman–Crippen LogP) is 2.93. The van der Waals surface area contributed by atoms with Crippen molar-refractivity contribution in [3.63, 3.8) is 0 Å². The van der Waals surface area contributed by atoms with Crippen LogP contribution in [0.1, 0.15) is 12.5 Å². The number of esters is 1. The Hall–Kier alpha value is -1.68. The van der Waals surface area contributed by atoms with Crippen LogP contribution in [0, 0.1) is 0 Å². The molecule has 0 heterocycles. The summed E-state index contributed by atoms with van der Waals surface area (Å²) >= 11 is 6.06. The Kier molecular flexibility index (Phi) is 5.52. The highest BCUT2D eigenvalue weighted by Crippen LogP contribution is 2.36. The monoisotopic (exact) mass is 270 g/mol. The molecule has 0 fully saturated rings. The van der Waals surface area contributed by atoms with Gasteiger partial charge in [0.2, 0.25) is 0 Å². The van der Waals surface area contributed by atoms with Crippen molar-refractivity contribution >= 4 is 23.6 Å². The van der Waals surface area contributed by atoms with Crippen molar-refractivity contribution in [2.24, 2.45) is 0 Å². The zero-order valence-corrected chi connectivity index (χ0v) is 11.3. The molecule has 0 unspecified atom stereocenters. The number of halogens is 1. The lowest BCUT2D eigenvalue weighted by molar-refractivity contribution is -0.134. The second-order valence-corrected chi connectivity index (χ2v) is 3.73. The van der Waals surface area contributed by atoms with E-state index in [1.54, 1.807) is 18.2 Å². The van der Waals surface area contributed by atoms with E-state index in [9.17, 15) is 4.79 Å². The molecule has 0 amide bonds. The third-order valence-corrected chi connectivity index (χ3v) is 2.43. The molecule has 0 aliphatic rings. The Morgan fingerprint density at radius 3 is 2.67 bits per heavy atom. The quantitative estimate of drug-likeness (QED) is 0.610. The number of hydrogen-bond acceptors (Lipinski definition) is 4. The van der Waals surface area contributed by atoms with Crippen LogP contribution < -0.4 is 9.47 Å². The Morgan fingerprint density at radius 2 is 2.11 bits per heavy atom. The van der Waals surface area contributed by atoms with Gasteiger partial charge < -0.3 is 14.2 Å². The highest BCUT2D eigenvalue weighted by atomic mass is 35.5. The summed E-state index contributed by atoms with van der Waals surface area (Å²) in [5, 5.41) is 0.424. The van der Waals surface area contributed by atoms with Crippen LogP contribution in [0.15, 0.2) is 18.2 Å². The summed E-state index contributed by atoms with van der Waals surface area (Å²) in [4.78, 5) is 11.0. The molecule has 4 nitrogen and oxygen atoms in total. The number of carbonyl (C=O) groups excluding carboxylic acids is 1. The topological polar surface area (TPSA) is 44.8 Å². The third-order valence-electron chi connectivity index (χ3n) is 2.15. The van der Waals surface area contributed by atoms with E-state index in [1.807, 2.05) is 6.92 Å². The van der Waals surface area contributed by atoms with E-state index in [4.69, 9.17) is 21.1 Å². The van der Waals surface area contributed by atoms with Gasteiger partial charge in [-0.05, 0) is 30.7 Å². The summed E-state index contributed by atoms with van der Waals surface area (Å²) in [5.74, 6) is 0.589. The van der Waals surface area contributed by atoms with Crippen molar-refractivity contribution in [3.8, 4) is 11.5 Å². The lowest BCUT2D eigenvalue weighted by atomic mass is 10.2. The van der Waals surface area contributed by atoms with Gasteiger partial charge in [-0.25, -0.2) is 4.79 Å². The van der Waals surface area contributed by atoms with Crippen molar-refractivity contribution in [2.75, 3.05) is 20.8 Å². The standard InChI is InChI=1S/C13H15ClO4/c1-4-18-11-8-9(5-6-12(15)16-2)7-10(14)13(11)17-3/h5-8H,4H2,1-3H3/b6-5+. The van der Waals surface area contributed by atoms with E-state index in [1.165, 1.54) is 20.3 Å². The van der Waals surface area contributed by atoms with Gasteiger partial charge in [-0.2, -0.15) is 0 Å². The number of ether oxygens (including phenoxy) is 3. The highest BCUT2D eigenvalue weighted by molar-refractivity contribution is 6.32. The third kappa shape index (κ3) is 3.67. The van der Waals surface area contributed by atoms with E-state index < -0.39 is 5.97 Å². The van der Waals surface area contributed by atoms with Crippen LogP contribution in [0.3, 0.4) is 0 Å². The second kappa shape index (κ2) is 6.91. The van der Waals surface area contributed by atoms with Crippen LogP contribution >= 0.6 is 11.6 Å². The minimum atomic E-state index is -0.431. The first-order valence-corrected chi connectivity index (χ1v) is 5.76. The molecule has 18 heavy (non-hydrogen) atoms. The molecular formula is C13H15ClO4. The van der Waals surface area contributed by atoms with E-state index in [-0.39, 0.29) is 0 Å². The van der Waals surface area contributed by atoms with Gasteiger partial charge >= 0.3 is 5.97 Å². The molecular weight excluding hydrogens is 256 g/mol. The zero-order chi connectivity index (χ0) is 13.5. The Bertz CT molecular complexity index is 455. The average Bonchev–Trinajstić information content (AvgIpc) is 2.36. The van der Waals surface area contributed by atoms with Gasteiger partial charge in [-0.3, -0.25) is 0 Å². The molecule has 0 saturated carbocycles. The van der Waals surface area contributed by atoms with E-state index in [2.05, 4.69) is 4.74 Å². The molecule has 1 aromatic carbocycles. The van der Waals surface area contributed by atoms with Gasteiger partial charge in [0.05, 0.1) is 25.8 Å². The molecule has 0 saturated heterocycles. The SMILES string of the molecule is CCOc1cc(/C=C/C(=O)OC)cc(Cl)c1OC. The molecule has 5 heteroatoms. The van der Waals surface area contributed by atoms with Gasteiger partial charge in [0, 0.05) is 6.08 Å². The Labute approximate surface area is 111 Å². The number of rotatable bonds is 5. The van der Waals surface area contributed by atoms with Gasteiger partial charge in [-0.15, -0.1) is 0 Å². The molecule has 0 aromatic heterocycles. The first kappa shape index (κ1) is 14.4. The largest absolute Gasteiger partial charge is 0.491 e. The van der Waals surface area contributed by atoms with Gasteiger partial charge in [0.25, 0.3) is 0 Å². The Balaban J connectivity index is 3.08. The van der Waals surface area contributed by atoms with Crippen LogP contribution in [0.25, 0.3) is 6.08 Å². The summed E-state index contributed by atoms with van der Waals surface area (Å²) in [6, 6.07) is 3.43. The van der Waals surface area contributed by atoms with Gasteiger partial charge in [-0.1, -0.05) is 11.6 Å². The maximum atomic E-state index is 11.0. The minimum absolute atomic E-state index is 0.424. The van der Waals surface area contributed by atoms with Crippen molar-refractivity contribution in [2.45, 2.75) is 6.92 Å². The summed E-state index contributed by atoms with van der Waals surface area (Å²) in [6.45, 7) is 2.36. The van der Waals surface area contributed by atoms with Crippen LogP contribution in [-0.4, -0.2) is 26.8 Å². The molecule has 0 aliphatic heterocycles. The predicted molar refractivity (Wildman–Crippen MR) is 70.2 cm³/mol. The normalized spacial score (nSPS) is 10.4. The molecule has 0 aliphatic carbocycles. The lowest BCUT2D eigenvalue weighted by Crippen LogP contribution is -1.97. The van der Waals surface area contributed by atoms with Crippen molar-refractivity contribution < 1.29 is 19.0 Å². The fourth-order valence-corrected chi connectivity index (χ4v) is 1.67. The number of benzene rings is 1. The fourth-order valence-electron chi connectivity index (χ4n) is 1.38. The number of methoxy groups -OCH3 is 2. The molecule has 1 aromatic rings. The van der Waals surface area contributed by atoms with Crippen LogP contribution in [0.4, 0.5) is 0 Å². The van der Waals surface area contributed by atoms with Gasteiger partial charge in [0.15, 0.2) is 11.5 Å². The summed E-state index contributed by atoms with van der Waals surface area (Å²) < 4.78 is 15.1. The highest BCUT2D eigenvalue weighted by Gasteiger charge is 2.10. The van der Waals surface area contributed by atoms with E-state index in [0.717, 1.165) is 5.56 Å². The molecule has 98 valence electrons. The average molecular weight is 271 g/mol. The lowest BCUT2D eigenvalue weighted by Gasteiger charge is -2.11. The zero-order valence-electron chi connectivity index (χ0n) is 10.5. The molecule has 0 radical (unpaired) electrons. The smallest absolute Gasteiger partial charge is 0.330 e. The molecule has 0 bridgehead atoms. The first-order valence-electron chi connectivity index (χ1n) is 5.38. The summed E-state index contributed by atoms with van der Waals surface area (Å²) in [5.41, 5.74) is 0.731. The fraction of sp³-hybridized carbons (Fsp3) is 0.308. The molecule has 1 rings (SSSR count). The van der Waals surface area contributed by atoms with Crippen molar-refractivity contribution in [3.05, 3.63) is 28.8 Å².